The van der Waals surface area contributed by atoms with E-state index >= 15 is 0 Å². The Bertz CT molecular complexity index is 1080. The predicted molar refractivity (Wildman–Crippen MR) is 135 cm³/mol. The number of carbonyl (C=O) groups excluding carboxylic acids is 2. The molecule has 2 aliphatic rings. The zero-order valence-electron chi connectivity index (χ0n) is 18.3. The van der Waals surface area contributed by atoms with E-state index in [2.05, 4.69) is 17.9 Å². The number of anilines is 1. The summed E-state index contributed by atoms with van der Waals surface area (Å²) in [6.45, 7) is 4.22. The van der Waals surface area contributed by atoms with Crippen LogP contribution in [0.3, 0.4) is 0 Å². The van der Waals surface area contributed by atoms with Crippen LogP contribution in [0.15, 0.2) is 35.2 Å². The molecule has 168 valence electrons. The molecule has 2 saturated heterocycles. The fourth-order valence-electron chi connectivity index (χ4n) is 4.21. The van der Waals surface area contributed by atoms with Gasteiger partial charge in [0, 0.05) is 36.5 Å². The maximum atomic E-state index is 13.0. The normalized spacial score (nSPS) is 18.8. The molecule has 1 aromatic heterocycles. The summed E-state index contributed by atoms with van der Waals surface area (Å²) in [5, 5.41) is 1.02. The van der Waals surface area contributed by atoms with E-state index in [0.717, 1.165) is 41.5 Å². The largest absolute Gasteiger partial charge is 0.369 e. The van der Waals surface area contributed by atoms with Crippen LogP contribution >= 0.6 is 24.0 Å². The van der Waals surface area contributed by atoms with Crippen LogP contribution in [0.1, 0.15) is 44.6 Å². The van der Waals surface area contributed by atoms with Gasteiger partial charge in [-0.05, 0) is 37.5 Å². The van der Waals surface area contributed by atoms with Crippen LogP contribution in [0.4, 0.5) is 5.82 Å². The third-order valence-electron chi connectivity index (χ3n) is 6.07. The average Bonchev–Trinajstić information content (AvgIpc) is 3.06. The maximum Gasteiger partial charge on any atom is 0.266 e. The van der Waals surface area contributed by atoms with Crippen molar-refractivity contribution < 1.29 is 9.59 Å². The summed E-state index contributed by atoms with van der Waals surface area (Å²) in [4.78, 5) is 34.1. The van der Waals surface area contributed by atoms with Crippen molar-refractivity contribution in [2.75, 3.05) is 24.5 Å². The summed E-state index contributed by atoms with van der Waals surface area (Å²) in [6.07, 6.45) is 6.48. The summed E-state index contributed by atoms with van der Waals surface area (Å²) in [6, 6.07) is 10.1. The van der Waals surface area contributed by atoms with Gasteiger partial charge in [-0.15, -0.1) is 0 Å². The van der Waals surface area contributed by atoms with Crippen molar-refractivity contribution in [2.24, 2.45) is 11.7 Å². The Morgan fingerprint density at radius 3 is 2.75 bits per heavy atom. The first-order valence-corrected chi connectivity index (χ1v) is 12.4. The summed E-state index contributed by atoms with van der Waals surface area (Å²) < 4.78 is 0.620. The highest BCUT2D eigenvalue weighted by Crippen LogP contribution is 2.36. The van der Waals surface area contributed by atoms with Crippen LogP contribution in [0, 0.1) is 5.92 Å². The predicted octanol–water partition coefficient (Wildman–Crippen LogP) is 4.33. The molecule has 2 aliphatic heterocycles. The van der Waals surface area contributed by atoms with Gasteiger partial charge in [0.2, 0.25) is 5.91 Å². The Hall–Kier alpha value is -2.45. The van der Waals surface area contributed by atoms with Crippen LogP contribution < -0.4 is 10.6 Å². The number of thioether (sulfide) groups is 1. The summed E-state index contributed by atoms with van der Waals surface area (Å²) in [7, 11) is 0. The molecular weight excluding hydrogens is 440 g/mol. The van der Waals surface area contributed by atoms with Gasteiger partial charge >= 0.3 is 0 Å². The van der Waals surface area contributed by atoms with Crippen molar-refractivity contribution in [1.82, 2.24) is 9.88 Å². The van der Waals surface area contributed by atoms with Gasteiger partial charge in [-0.1, -0.05) is 61.9 Å². The molecule has 2 N–H and O–H groups in total. The molecule has 2 fully saturated rings. The highest BCUT2D eigenvalue weighted by Gasteiger charge is 2.32. The van der Waals surface area contributed by atoms with Gasteiger partial charge in [0.15, 0.2) is 0 Å². The van der Waals surface area contributed by atoms with Gasteiger partial charge in [-0.2, -0.15) is 0 Å². The molecule has 4 rings (SSSR count). The maximum absolute atomic E-state index is 13.0. The molecule has 2 amide bonds. The number of nitrogens with zero attached hydrogens (tertiary/aromatic N) is 3. The molecule has 0 radical (unpaired) electrons. The summed E-state index contributed by atoms with van der Waals surface area (Å²) in [5.41, 5.74) is 7.31. The number of amides is 2. The van der Waals surface area contributed by atoms with Crippen molar-refractivity contribution in [1.29, 1.82) is 0 Å². The lowest BCUT2D eigenvalue weighted by molar-refractivity contribution is -0.123. The minimum atomic E-state index is -0.233. The van der Waals surface area contributed by atoms with Gasteiger partial charge in [0.1, 0.15) is 10.1 Å². The molecule has 2 aromatic rings. The molecule has 0 atom stereocenters. The number of hydrogen-bond acceptors (Lipinski definition) is 6. The Morgan fingerprint density at radius 2 is 2.03 bits per heavy atom. The zero-order valence-corrected chi connectivity index (χ0v) is 19.9. The van der Waals surface area contributed by atoms with Crippen LogP contribution in [0.25, 0.3) is 17.0 Å². The SMILES string of the molecule is CCCCCN1C(=O)/C(=C/c2cc3ccccc3nc2N2CCC(C(N)=O)CC2)SC1=S. The fourth-order valence-corrected chi connectivity index (χ4v) is 5.51. The number of nitrogens with two attached hydrogens (primary N) is 1. The van der Waals surface area contributed by atoms with Crippen molar-refractivity contribution in [3.05, 3.63) is 40.8 Å². The topological polar surface area (TPSA) is 79.5 Å². The van der Waals surface area contributed by atoms with Crippen molar-refractivity contribution in [3.63, 3.8) is 0 Å². The van der Waals surface area contributed by atoms with Crippen LogP contribution in [0.5, 0.6) is 0 Å². The van der Waals surface area contributed by atoms with Gasteiger partial charge in [-0.25, -0.2) is 4.98 Å². The molecule has 0 unspecified atom stereocenters. The van der Waals surface area contributed by atoms with Gasteiger partial charge < -0.3 is 10.6 Å². The number of hydrogen-bond donors (Lipinski definition) is 1. The number of rotatable bonds is 7. The molecule has 0 aliphatic carbocycles. The molecule has 1 aromatic carbocycles. The monoisotopic (exact) mass is 468 g/mol. The third-order valence-corrected chi connectivity index (χ3v) is 7.45. The second-order valence-electron chi connectivity index (χ2n) is 8.30. The Morgan fingerprint density at radius 1 is 1.28 bits per heavy atom. The number of piperidine rings is 1. The molecule has 8 heteroatoms. The minimum Gasteiger partial charge on any atom is -0.369 e. The van der Waals surface area contributed by atoms with Crippen LogP contribution in [-0.2, 0) is 9.59 Å². The van der Waals surface area contributed by atoms with E-state index in [1.54, 1.807) is 4.90 Å². The van der Waals surface area contributed by atoms with E-state index in [4.69, 9.17) is 22.9 Å². The van der Waals surface area contributed by atoms with E-state index in [9.17, 15) is 9.59 Å². The zero-order chi connectivity index (χ0) is 22.7. The lowest BCUT2D eigenvalue weighted by atomic mass is 9.96. The number of aromatic nitrogens is 1. The van der Waals surface area contributed by atoms with E-state index < -0.39 is 0 Å². The smallest absolute Gasteiger partial charge is 0.266 e. The first-order valence-electron chi connectivity index (χ1n) is 11.2. The first-order chi connectivity index (χ1) is 15.5. The lowest BCUT2D eigenvalue weighted by Crippen LogP contribution is -2.39. The molecule has 0 spiro atoms. The second-order valence-corrected chi connectivity index (χ2v) is 9.97. The van der Waals surface area contributed by atoms with E-state index in [1.807, 2.05) is 30.3 Å². The number of benzene rings is 1. The standard InChI is InChI=1S/C24H28N4O2S2/c1-2-3-6-11-28-23(30)20(32-24(28)31)15-18-14-17-7-4-5-8-19(17)26-22(18)27-12-9-16(10-13-27)21(25)29/h4-5,7-8,14-16H,2-3,6,9-13H2,1H3,(H2,25,29)/b20-15-. The van der Waals surface area contributed by atoms with Crippen LogP contribution in [-0.4, -0.2) is 45.7 Å². The molecule has 0 bridgehead atoms. The van der Waals surface area contributed by atoms with Gasteiger partial charge in [-0.3, -0.25) is 14.5 Å². The molecule has 3 heterocycles. The first kappa shape index (κ1) is 22.7. The minimum absolute atomic E-state index is 0.0253. The second kappa shape index (κ2) is 10.0. The lowest BCUT2D eigenvalue weighted by Gasteiger charge is -2.32. The quantitative estimate of drug-likeness (QED) is 0.370. The number of unbranched alkanes of at least 4 members (excludes halogenated alkanes) is 2. The number of thiocarbonyl (C=S) groups is 1. The molecular formula is C24H28N4O2S2. The van der Waals surface area contributed by atoms with Crippen LogP contribution in [0.2, 0.25) is 0 Å². The van der Waals surface area contributed by atoms with E-state index in [0.29, 0.717) is 41.7 Å². The van der Waals surface area contributed by atoms with E-state index in [1.165, 1.54) is 11.8 Å². The van der Waals surface area contributed by atoms with Crippen molar-refractivity contribution in [2.45, 2.75) is 39.0 Å². The number of pyridine rings is 1. The Balaban J connectivity index is 1.66. The fraction of sp³-hybridized carbons (Fsp3) is 0.417. The van der Waals surface area contributed by atoms with Gasteiger partial charge in [0.05, 0.1) is 10.4 Å². The van der Waals surface area contributed by atoms with Gasteiger partial charge in [0.25, 0.3) is 5.91 Å². The van der Waals surface area contributed by atoms with Crippen molar-refractivity contribution in [3.8, 4) is 0 Å². The van der Waals surface area contributed by atoms with Crippen molar-refractivity contribution >= 4 is 62.9 Å². The number of primary amides is 1. The molecule has 0 saturated carbocycles. The highest BCUT2D eigenvalue weighted by molar-refractivity contribution is 8.26. The van der Waals surface area contributed by atoms with E-state index in [-0.39, 0.29) is 17.7 Å². The number of carbonyl (C=O) groups is 2. The Labute approximate surface area is 198 Å². The number of fused-ring (bicyclic) bond motifs is 1. The molecule has 6 nitrogen and oxygen atoms in total. The Kier molecular flexibility index (Phi) is 7.10. The summed E-state index contributed by atoms with van der Waals surface area (Å²) >= 11 is 6.85. The summed E-state index contributed by atoms with van der Waals surface area (Å²) in [5.74, 6) is 0.489. The third kappa shape index (κ3) is 4.81. The molecule has 32 heavy (non-hydrogen) atoms. The average molecular weight is 469 g/mol. The number of para-hydroxylation sites is 1. The highest BCUT2D eigenvalue weighted by atomic mass is 32.2.